The van der Waals surface area contributed by atoms with Gasteiger partial charge in [-0.05, 0) is 17.7 Å². The second kappa shape index (κ2) is 11.7. The van der Waals surface area contributed by atoms with Gasteiger partial charge in [0.1, 0.15) is 6.61 Å². The van der Waals surface area contributed by atoms with Crippen molar-refractivity contribution in [3.63, 3.8) is 0 Å². The Balaban J connectivity index is 0.000000715. The Labute approximate surface area is 127 Å². The van der Waals surface area contributed by atoms with E-state index in [1.807, 2.05) is 48.5 Å². The molecule has 0 saturated carbocycles. The number of hydrogen-bond donors (Lipinski definition) is 1. The zero-order valence-corrected chi connectivity index (χ0v) is 12.9. The maximum Gasteiger partial charge on any atom is 0.338 e. The van der Waals surface area contributed by atoms with Crippen molar-refractivity contribution < 1.29 is 9.53 Å². The van der Waals surface area contributed by atoms with E-state index in [4.69, 9.17) is 4.74 Å². The smallest absolute Gasteiger partial charge is 0.338 e. The lowest BCUT2D eigenvalue weighted by Gasteiger charge is -2.04. The third-order valence-electron chi connectivity index (χ3n) is 2.72. The van der Waals surface area contributed by atoms with Gasteiger partial charge in [0.15, 0.2) is 0 Å². The SMILES string of the molecule is CCCC.N.O=C(OCc1ccccc1)c1ccccc1. The van der Waals surface area contributed by atoms with Gasteiger partial charge in [-0.1, -0.05) is 75.2 Å². The first-order chi connectivity index (χ1) is 9.77. The molecule has 2 aromatic rings. The van der Waals surface area contributed by atoms with Crippen LogP contribution in [0.25, 0.3) is 0 Å². The number of rotatable bonds is 4. The van der Waals surface area contributed by atoms with Crippen LogP contribution in [0.5, 0.6) is 0 Å². The van der Waals surface area contributed by atoms with Gasteiger partial charge in [-0.2, -0.15) is 0 Å². The van der Waals surface area contributed by atoms with Gasteiger partial charge in [0.25, 0.3) is 0 Å². The quantitative estimate of drug-likeness (QED) is 0.804. The summed E-state index contributed by atoms with van der Waals surface area (Å²) in [6.07, 6.45) is 2.64. The lowest BCUT2D eigenvalue weighted by molar-refractivity contribution is 0.0472. The first-order valence-electron chi connectivity index (χ1n) is 7.04. The number of esters is 1. The van der Waals surface area contributed by atoms with Crippen LogP contribution < -0.4 is 6.15 Å². The van der Waals surface area contributed by atoms with Crippen molar-refractivity contribution in [2.75, 3.05) is 0 Å². The van der Waals surface area contributed by atoms with Gasteiger partial charge < -0.3 is 10.9 Å². The molecule has 3 heteroatoms. The number of carbonyl (C=O) groups is 1. The summed E-state index contributed by atoms with van der Waals surface area (Å²) in [6, 6.07) is 18.6. The average Bonchev–Trinajstić information content (AvgIpc) is 2.54. The highest BCUT2D eigenvalue weighted by Gasteiger charge is 2.05. The molecular formula is C18H25NO2. The molecule has 0 aliphatic heterocycles. The average molecular weight is 287 g/mol. The summed E-state index contributed by atoms with van der Waals surface area (Å²) in [6.45, 7) is 4.68. The molecule has 3 N–H and O–H groups in total. The van der Waals surface area contributed by atoms with Gasteiger partial charge in [0.2, 0.25) is 0 Å². The predicted octanol–water partition coefficient (Wildman–Crippen LogP) is 5.01. The molecule has 0 bridgehead atoms. The molecule has 0 saturated heterocycles. The Bertz CT molecular complexity index is 481. The maximum absolute atomic E-state index is 11.6. The van der Waals surface area contributed by atoms with Crippen LogP contribution >= 0.6 is 0 Å². The molecule has 0 unspecified atom stereocenters. The Kier molecular flexibility index (Phi) is 10.5. The second-order valence-electron chi connectivity index (χ2n) is 4.43. The van der Waals surface area contributed by atoms with Crippen LogP contribution in [0.4, 0.5) is 0 Å². The topological polar surface area (TPSA) is 61.3 Å². The summed E-state index contributed by atoms with van der Waals surface area (Å²) in [7, 11) is 0. The summed E-state index contributed by atoms with van der Waals surface area (Å²) >= 11 is 0. The normalized spacial score (nSPS) is 8.86. The van der Waals surface area contributed by atoms with Crippen molar-refractivity contribution in [3.05, 3.63) is 71.8 Å². The van der Waals surface area contributed by atoms with Gasteiger partial charge in [-0.25, -0.2) is 4.79 Å². The van der Waals surface area contributed by atoms with Crippen molar-refractivity contribution in [1.29, 1.82) is 0 Å². The Morgan fingerprint density at radius 1 is 0.857 bits per heavy atom. The Morgan fingerprint density at radius 3 is 1.81 bits per heavy atom. The van der Waals surface area contributed by atoms with Crippen molar-refractivity contribution in [3.8, 4) is 0 Å². The van der Waals surface area contributed by atoms with Crippen LogP contribution in [0.3, 0.4) is 0 Å². The lowest BCUT2D eigenvalue weighted by Crippen LogP contribution is -2.04. The molecule has 3 nitrogen and oxygen atoms in total. The van der Waals surface area contributed by atoms with Crippen molar-refractivity contribution >= 4 is 5.97 Å². The zero-order valence-electron chi connectivity index (χ0n) is 12.9. The molecule has 0 atom stereocenters. The third-order valence-corrected chi connectivity index (χ3v) is 2.72. The standard InChI is InChI=1S/C14H12O2.C4H10.H3N/c15-14(13-9-5-2-6-10-13)16-11-12-7-3-1-4-8-12;1-3-4-2;/h1-10H,11H2;3-4H2,1-2H3;1H3. The van der Waals surface area contributed by atoms with E-state index >= 15 is 0 Å². The van der Waals surface area contributed by atoms with E-state index in [0.717, 1.165) is 5.56 Å². The number of ether oxygens (including phenoxy) is 1. The van der Waals surface area contributed by atoms with Crippen LogP contribution in [0.2, 0.25) is 0 Å². The molecule has 114 valence electrons. The first kappa shape index (κ1) is 18.9. The van der Waals surface area contributed by atoms with Crippen LogP contribution in [0.15, 0.2) is 60.7 Å². The fourth-order valence-corrected chi connectivity index (χ4v) is 1.38. The molecule has 0 aliphatic carbocycles. The minimum absolute atomic E-state index is 0. The highest BCUT2D eigenvalue weighted by molar-refractivity contribution is 5.89. The summed E-state index contributed by atoms with van der Waals surface area (Å²) in [5.41, 5.74) is 1.57. The van der Waals surface area contributed by atoms with E-state index in [1.54, 1.807) is 12.1 Å². The van der Waals surface area contributed by atoms with E-state index in [-0.39, 0.29) is 12.1 Å². The number of hydrogen-bond acceptors (Lipinski definition) is 3. The van der Waals surface area contributed by atoms with E-state index in [1.165, 1.54) is 12.8 Å². The number of unbranched alkanes of at least 4 members (excludes halogenated alkanes) is 1. The highest BCUT2D eigenvalue weighted by atomic mass is 16.5. The second-order valence-corrected chi connectivity index (χ2v) is 4.43. The molecule has 0 radical (unpaired) electrons. The predicted molar refractivity (Wildman–Crippen MR) is 87.6 cm³/mol. The fraction of sp³-hybridized carbons (Fsp3) is 0.278. The van der Waals surface area contributed by atoms with Crippen LogP contribution in [-0.4, -0.2) is 5.97 Å². The zero-order chi connectivity index (χ0) is 14.6. The molecule has 0 spiro atoms. The summed E-state index contributed by atoms with van der Waals surface area (Å²) in [4.78, 5) is 11.6. The minimum atomic E-state index is -0.288. The van der Waals surface area contributed by atoms with Gasteiger partial charge in [-0.15, -0.1) is 0 Å². The third kappa shape index (κ3) is 7.90. The van der Waals surface area contributed by atoms with Gasteiger partial charge >= 0.3 is 5.97 Å². The number of benzene rings is 2. The monoisotopic (exact) mass is 287 g/mol. The molecule has 0 aliphatic rings. The Hall–Kier alpha value is -2.13. The lowest BCUT2D eigenvalue weighted by atomic mass is 10.2. The van der Waals surface area contributed by atoms with E-state index in [9.17, 15) is 4.79 Å². The van der Waals surface area contributed by atoms with Gasteiger partial charge in [0, 0.05) is 0 Å². The fourth-order valence-electron chi connectivity index (χ4n) is 1.38. The van der Waals surface area contributed by atoms with Gasteiger partial charge in [-0.3, -0.25) is 0 Å². The summed E-state index contributed by atoms with van der Waals surface area (Å²) in [5, 5.41) is 0. The van der Waals surface area contributed by atoms with Gasteiger partial charge in [0.05, 0.1) is 5.56 Å². The van der Waals surface area contributed by atoms with Crippen molar-refractivity contribution in [2.45, 2.75) is 33.3 Å². The van der Waals surface area contributed by atoms with E-state index < -0.39 is 0 Å². The van der Waals surface area contributed by atoms with Crippen LogP contribution in [0, 0.1) is 0 Å². The first-order valence-corrected chi connectivity index (χ1v) is 7.04. The highest BCUT2D eigenvalue weighted by Crippen LogP contribution is 2.05. The van der Waals surface area contributed by atoms with E-state index in [2.05, 4.69) is 13.8 Å². The van der Waals surface area contributed by atoms with Crippen LogP contribution in [0.1, 0.15) is 42.6 Å². The van der Waals surface area contributed by atoms with E-state index in [0.29, 0.717) is 12.2 Å². The Morgan fingerprint density at radius 2 is 1.33 bits per heavy atom. The molecular weight excluding hydrogens is 262 g/mol. The molecule has 0 aromatic heterocycles. The van der Waals surface area contributed by atoms with Crippen molar-refractivity contribution in [2.24, 2.45) is 0 Å². The summed E-state index contributed by atoms with van der Waals surface area (Å²) < 4.78 is 5.18. The maximum atomic E-state index is 11.6. The number of carbonyl (C=O) groups excluding carboxylic acids is 1. The summed E-state index contributed by atoms with van der Waals surface area (Å²) in [5.74, 6) is -0.288. The molecule has 0 heterocycles. The molecule has 21 heavy (non-hydrogen) atoms. The largest absolute Gasteiger partial charge is 0.457 e. The molecule has 2 rings (SSSR count). The van der Waals surface area contributed by atoms with Crippen molar-refractivity contribution in [1.82, 2.24) is 6.15 Å². The minimum Gasteiger partial charge on any atom is -0.457 e. The molecule has 0 fully saturated rings. The molecule has 2 aromatic carbocycles. The van der Waals surface area contributed by atoms with Crippen LogP contribution in [-0.2, 0) is 11.3 Å². The molecule has 0 amide bonds.